The van der Waals surface area contributed by atoms with Crippen LogP contribution in [0.4, 0.5) is 4.39 Å². The van der Waals surface area contributed by atoms with Crippen molar-refractivity contribution in [2.45, 2.75) is 13.0 Å². The summed E-state index contributed by atoms with van der Waals surface area (Å²) in [4.78, 5) is 24.0. The minimum atomic E-state index is -0.315. The number of pyridine rings is 1. The molecule has 0 aliphatic carbocycles. The first kappa shape index (κ1) is 19.3. The van der Waals surface area contributed by atoms with Crippen molar-refractivity contribution in [2.75, 3.05) is 20.2 Å². The number of halogens is 1. The van der Waals surface area contributed by atoms with E-state index in [1.807, 2.05) is 6.07 Å². The Kier molecular flexibility index (Phi) is 4.87. The third-order valence-corrected chi connectivity index (χ3v) is 5.55. The summed E-state index contributed by atoms with van der Waals surface area (Å²) in [6.07, 6.45) is 4.73. The molecule has 4 heterocycles. The van der Waals surface area contributed by atoms with E-state index in [1.165, 1.54) is 17.7 Å². The van der Waals surface area contributed by atoms with Crippen LogP contribution in [0.5, 0.6) is 5.75 Å². The first-order valence-corrected chi connectivity index (χ1v) is 9.97. The lowest BCUT2D eigenvalue weighted by Crippen LogP contribution is -2.28. The van der Waals surface area contributed by atoms with Crippen LogP contribution in [0.15, 0.2) is 47.4 Å². The quantitative estimate of drug-likeness (QED) is 0.461. The average molecular weight is 420 g/mol. The zero-order valence-electron chi connectivity index (χ0n) is 16.9. The number of aromatic nitrogens is 5. The molecule has 1 aliphatic heterocycles. The Morgan fingerprint density at radius 2 is 2.10 bits per heavy atom. The molecular weight excluding hydrogens is 399 g/mol. The topological polar surface area (TPSA) is 103 Å². The molecule has 0 saturated carbocycles. The molecule has 1 aliphatic rings. The highest BCUT2D eigenvalue weighted by Gasteiger charge is 2.18. The Bertz CT molecular complexity index is 1340. The van der Waals surface area contributed by atoms with Gasteiger partial charge in [0.05, 0.1) is 13.7 Å². The molecule has 0 saturated heterocycles. The normalized spacial score (nSPS) is 14.7. The van der Waals surface area contributed by atoms with E-state index in [4.69, 9.17) is 4.74 Å². The van der Waals surface area contributed by atoms with Gasteiger partial charge < -0.3 is 9.72 Å². The third-order valence-electron chi connectivity index (χ3n) is 5.55. The number of nitrogens with one attached hydrogen (secondary N) is 3. The van der Waals surface area contributed by atoms with Gasteiger partial charge in [0.1, 0.15) is 23.0 Å². The number of fused-ring (bicyclic) bond motifs is 1. The van der Waals surface area contributed by atoms with Gasteiger partial charge in [0.15, 0.2) is 0 Å². The van der Waals surface area contributed by atoms with Crippen LogP contribution in [0, 0.1) is 5.82 Å². The van der Waals surface area contributed by atoms with Crippen molar-refractivity contribution < 1.29 is 9.13 Å². The molecule has 5 rings (SSSR count). The summed E-state index contributed by atoms with van der Waals surface area (Å²) in [6, 6.07) is 8.45. The van der Waals surface area contributed by atoms with Gasteiger partial charge in [0, 0.05) is 35.9 Å². The van der Waals surface area contributed by atoms with Crippen LogP contribution < -0.4 is 10.4 Å². The van der Waals surface area contributed by atoms with E-state index in [0.717, 1.165) is 41.8 Å². The Labute approximate surface area is 176 Å². The SMILES string of the molecule is COc1ccc(F)cc1-c1ccnc2[nH]c(C3=CCN(Cc4n[nH]c(=O)[nH]4)CC3)cc12. The third kappa shape index (κ3) is 3.75. The molecule has 1 aromatic carbocycles. The van der Waals surface area contributed by atoms with Crippen LogP contribution in [0.2, 0.25) is 0 Å². The van der Waals surface area contributed by atoms with Crippen molar-refractivity contribution in [3.63, 3.8) is 0 Å². The number of nitrogens with zero attached hydrogens (tertiary/aromatic N) is 3. The van der Waals surface area contributed by atoms with E-state index in [1.54, 1.807) is 19.4 Å². The molecule has 0 fully saturated rings. The van der Waals surface area contributed by atoms with Gasteiger partial charge in [0.25, 0.3) is 0 Å². The van der Waals surface area contributed by atoms with Crippen molar-refractivity contribution in [1.29, 1.82) is 0 Å². The second-order valence-corrected chi connectivity index (χ2v) is 7.49. The number of H-pyrrole nitrogens is 3. The fourth-order valence-corrected chi connectivity index (χ4v) is 4.02. The van der Waals surface area contributed by atoms with E-state index >= 15 is 0 Å². The Hall–Kier alpha value is -3.72. The molecule has 8 nitrogen and oxygen atoms in total. The van der Waals surface area contributed by atoms with Crippen LogP contribution >= 0.6 is 0 Å². The minimum absolute atomic E-state index is 0.292. The minimum Gasteiger partial charge on any atom is -0.496 e. The summed E-state index contributed by atoms with van der Waals surface area (Å²) < 4.78 is 19.4. The molecular formula is C22H21FN6O2. The highest BCUT2D eigenvalue weighted by atomic mass is 19.1. The van der Waals surface area contributed by atoms with Gasteiger partial charge in [-0.15, -0.1) is 0 Å². The molecule has 9 heteroatoms. The first-order valence-electron chi connectivity index (χ1n) is 9.97. The molecule has 0 amide bonds. The van der Waals surface area contributed by atoms with E-state index < -0.39 is 0 Å². The second kappa shape index (κ2) is 7.84. The Morgan fingerprint density at radius 1 is 1.19 bits per heavy atom. The maximum Gasteiger partial charge on any atom is 0.340 e. The summed E-state index contributed by atoms with van der Waals surface area (Å²) in [5.41, 5.74) is 4.21. The standard InChI is InChI=1S/C22H21FN6O2/c1-31-19-3-2-14(23)10-16(19)15-4-7-24-21-17(15)11-18(25-21)13-5-8-29(9-6-13)12-20-26-22(30)28-27-20/h2-5,7,10-11H,6,8-9,12H2,1H3,(H,24,25)(H2,26,27,28,30). The van der Waals surface area contributed by atoms with E-state index in [2.05, 4.69) is 42.2 Å². The van der Waals surface area contributed by atoms with Crippen LogP contribution in [0.25, 0.3) is 27.7 Å². The number of hydrogen-bond donors (Lipinski definition) is 3. The average Bonchev–Trinajstić information content (AvgIpc) is 3.40. The highest BCUT2D eigenvalue weighted by molar-refractivity contribution is 5.96. The maximum atomic E-state index is 13.9. The lowest BCUT2D eigenvalue weighted by molar-refractivity contribution is 0.286. The van der Waals surface area contributed by atoms with Crippen molar-refractivity contribution in [3.8, 4) is 16.9 Å². The Morgan fingerprint density at radius 3 is 2.84 bits per heavy atom. The fraction of sp³-hybridized carbons (Fsp3) is 0.227. The molecule has 3 aromatic heterocycles. The van der Waals surface area contributed by atoms with Crippen LogP contribution in [0.3, 0.4) is 0 Å². The van der Waals surface area contributed by atoms with E-state index in [0.29, 0.717) is 23.7 Å². The predicted octanol–water partition coefficient (Wildman–Crippen LogP) is 3.08. The van der Waals surface area contributed by atoms with Gasteiger partial charge in [-0.1, -0.05) is 6.08 Å². The van der Waals surface area contributed by atoms with Gasteiger partial charge in [-0.3, -0.25) is 9.88 Å². The number of methoxy groups -OCH3 is 1. The Balaban J connectivity index is 1.44. The van der Waals surface area contributed by atoms with Crippen molar-refractivity contribution in [1.82, 2.24) is 30.0 Å². The molecule has 0 radical (unpaired) electrons. The number of ether oxygens (including phenoxy) is 1. The summed E-state index contributed by atoms with van der Waals surface area (Å²) in [5, 5.41) is 7.27. The van der Waals surface area contributed by atoms with Crippen molar-refractivity contribution in [3.05, 3.63) is 70.4 Å². The zero-order chi connectivity index (χ0) is 21.4. The molecule has 0 atom stereocenters. The molecule has 4 aromatic rings. The molecule has 0 bridgehead atoms. The molecule has 0 unspecified atom stereocenters. The first-order chi connectivity index (χ1) is 15.1. The summed E-state index contributed by atoms with van der Waals surface area (Å²) in [5.74, 6) is 0.927. The van der Waals surface area contributed by atoms with Crippen molar-refractivity contribution in [2.24, 2.45) is 0 Å². The van der Waals surface area contributed by atoms with Crippen LogP contribution in [-0.4, -0.2) is 50.2 Å². The highest BCUT2D eigenvalue weighted by Crippen LogP contribution is 2.36. The molecule has 0 spiro atoms. The van der Waals surface area contributed by atoms with E-state index in [-0.39, 0.29) is 11.5 Å². The lowest BCUT2D eigenvalue weighted by atomic mass is 10.0. The fourth-order valence-electron chi connectivity index (χ4n) is 4.02. The summed E-state index contributed by atoms with van der Waals surface area (Å²) in [6.45, 7) is 2.17. The number of hydrogen-bond acceptors (Lipinski definition) is 5. The summed E-state index contributed by atoms with van der Waals surface area (Å²) in [7, 11) is 1.58. The maximum absolute atomic E-state index is 13.9. The smallest absolute Gasteiger partial charge is 0.340 e. The van der Waals surface area contributed by atoms with Gasteiger partial charge in [0.2, 0.25) is 0 Å². The van der Waals surface area contributed by atoms with Gasteiger partial charge >= 0.3 is 5.69 Å². The number of benzene rings is 1. The molecule has 3 N–H and O–H groups in total. The van der Waals surface area contributed by atoms with Crippen molar-refractivity contribution >= 4 is 16.6 Å². The zero-order valence-corrected chi connectivity index (χ0v) is 16.9. The molecule has 158 valence electrons. The lowest BCUT2D eigenvalue weighted by Gasteiger charge is -2.24. The largest absolute Gasteiger partial charge is 0.496 e. The number of aromatic amines is 3. The summed E-state index contributed by atoms with van der Waals surface area (Å²) >= 11 is 0. The van der Waals surface area contributed by atoms with E-state index in [9.17, 15) is 9.18 Å². The predicted molar refractivity (Wildman–Crippen MR) is 115 cm³/mol. The second-order valence-electron chi connectivity index (χ2n) is 7.49. The van der Waals surface area contributed by atoms with Gasteiger partial charge in [-0.25, -0.2) is 19.3 Å². The van der Waals surface area contributed by atoms with Crippen LogP contribution in [-0.2, 0) is 6.54 Å². The van der Waals surface area contributed by atoms with Gasteiger partial charge in [-0.05, 0) is 47.9 Å². The van der Waals surface area contributed by atoms with Gasteiger partial charge in [-0.2, -0.15) is 5.10 Å². The van der Waals surface area contributed by atoms with Crippen LogP contribution in [0.1, 0.15) is 17.9 Å². The number of rotatable bonds is 5. The monoisotopic (exact) mass is 420 g/mol. The molecule has 31 heavy (non-hydrogen) atoms.